The summed E-state index contributed by atoms with van der Waals surface area (Å²) in [6.07, 6.45) is -1.31. The Morgan fingerprint density at radius 1 is 1.19 bits per heavy atom. The summed E-state index contributed by atoms with van der Waals surface area (Å²) < 4.78 is 21.7. The van der Waals surface area contributed by atoms with Gasteiger partial charge in [0, 0.05) is 35.5 Å². The molecule has 0 fully saturated rings. The summed E-state index contributed by atoms with van der Waals surface area (Å²) in [6, 6.07) is 10.4. The van der Waals surface area contributed by atoms with E-state index in [-0.39, 0.29) is 47.2 Å². The number of carbonyl (C=O) groups is 2. The van der Waals surface area contributed by atoms with E-state index < -0.39 is 23.4 Å². The Balaban J connectivity index is 2.49. The number of aromatic nitrogens is 1. The molecule has 9 heteroatoms. The fourth-order valence-corrected chi connectivity index (χ4v) is 3.56. The molecule has 0 bridgehead atoms. The number of anilines is 1. The molecule has 0 radical (unpaired) electrons. The van der Waals surface area contributed by atoms with Crippen LogP contribution in [0.4, 0.5) is 15.0 Å². The summed E-state index contributed by atoms with van der Waals surface area (Å²) in [6.45, 7) is 3.63. The van der Waals surface area contributed by atoms with Crippen molar-refractivity contribution in [2.45, 2.75) is 20.4 Å². The van der Waals surface area contributed by atoms with E-state index >= 15 is 0 Å². The maximum Gasteiger partial charge on any atom is 0.412 e. The molecule has 2 aromatic carbocycles. The second-order valence-corrected chi connectivity index (χ2v) is 7.79. The van der Waals surface area contributed by atoms with Crippen molar-refractivity contribution in [3.63, 3.8) is 0 Å². The molecule has 168 valence electrons. The number of nitrogens with zero attached hydrogens (tertiary/aromatic N) is 2. The third-order valence-corrected chi connectivity index (χ3v) is 4.89. The summed E-state index contributed by atoms with van der Waals surface area (Å²) in [5, 5.41) is 10.3. The zero-order valence-electron chi connectivity index (χ0n) is 18.0. The number of hydrogen-bond donors (Lipinski definition) is 2. The van der Waals surface area contributed by atoms with Crippen molar-refractivity contribution >= 4 is 28.6 Å². The summed E-state index contributed by atoms with van der Waals surface area (Å²) in [5.41, 5.74) is 5.08. The molecule has 0 unspecified atom stereocenters. The fourth-order valence-electron chi connectivity index (χ4n) is 3.56. The largest absolute Gasteiger partial charge is 0.484 e. The van der Waals surface area contributed by atoms with Crippen LogP contribution in [-0.2, 0) is 11.3 Å². The molecule has 0 saturated carbocycles. The molecule has 32 heavy (non-hydrogen) atoms. The average molecular weight is 441 g/mol. The van der Waals surface area contributed by atoms with Crippen molar-refractivity contribution in [1.29, 1.82) is 0 Å². The molecule has 0 saturated heterocycles. The lowest BCUT2D eigenvalue weighted by Gasteiger charge is -2.26. The van der Waals surface area contributed by atoms with Gasteiger partial charge in [0.1, 0.15) is 17.4 Å². The molecule has 0 spiro atoms. The van der Waals surface area contributed by atoms with E-state index in [2.05, 4.69) is 0 Å². The molecule has 0 aliphatic rings. The van der Waals surface area contributed by atoms with Gasteiger partial charge in [-0.3, -0.25) is 19.1 Å². The van der Waals surface area contributed by atoms with Crippen LogP contribution in [0.15, 0.2) is 47.3 Å². The van der Waals surface area contributed by atoms with Crippen LogP contribution >= 0.6 is 0 Å². The third kappa shape index (κ3) is 4.41. The Morgan fingerprint density at radius 2 is 1.88 bits per heavy atom. The predicted octanol–water partition coefficient (Wildman–Crippen LogP) is 3.44. The number of hydrogen-bond acceptors (Lipinski definition) is 4. The molecule has 3 rings (SSSR count). The van der Waals surface area contributed by atoms with Gasteiger partial charge >= 0.3 is 6.09 Å². The Hall–Kier alpha value is -3.88. The molecular weight excluding hydrogens is 417 g/mol. The number of carboxylic acid groups (broad SMARTS) is 1. The zero-order chi connectivity index (χ0) is 23.6. The maximum atomic E-state index is 15.0. The highest BCUT2D eigenvalue weighted by atomic mass is 19.1. The van der Waals surface area contributed by atoms with Crippen LogP contribution in [0.25, 0.3) is 21.9 Å². The predicted molar refractivity (Wildman–Crippen MR) is 120 cm³/mol. The smallest absolute Gasteiger partial charge is 0.412 e. The van der Waals surface area contributed by atoms with E-state index in [1.54, 1.807) is 6.07 Å². The Morgan fingerprint density at radius 3 is 2.47 bits per heavy atom. The standard InChI is InChI=1S/C23H24FN3O5/c1-13(2)11-27-21(26(3)23(30)31)20(16-6-4-5-7-18(16)24)17-10-14(32-12-19(25)28)8-9-15(17)22(27)29/h4-10,13H,11-12H2,1-3H3,(H2,25,28)(H,30,31). The van der Waals surface area contributed by atoms with Gasteiger partial charge in [-0.2, -0.15) is 0 Å². The number of ether oxygens (including phenoxy) is 1. The number of halogens is 1. The molecule has 3 N–H and O–H groups in total. The van der Waals surface area contributed by atoms with Gasteiger partial charge in [0.05, 0.1) is 0 Å². The minimum Gasteiger partial charge on any atom is -0.484 e. The highest BCUT2D eigenvalue weighted by molar-refractivity contribution is 6.05. The number of rotatable bonds is 7. The van der Waals surface area contributed by atoms with Crippen LogP contribution in [-0.4, -0.2) is 35.3 Å². The average Bonchev–Trinajstić information content (AvgIpc) is 2.73. The van der Waals surface area contributed by atoms with Crippen molar-refractivity contribution in [3.8, 4) is 16.9 Å². The summed E-state index contributed by atoms with van der Waals surface area (Å²) >= 11 is 0. The van der Waals surface area contributed by atoms with Gasteiger partial charge in [-0.15, -0.1) is 0 Å². The van der Waals surface area contributed by atoms with Gasteiger partial charge in [0.15, 0.2) is 6.61 Å². The first-order valence-electron chi connectivity index (χ1n) is 9.95. The Bertz CT molecular complexity index is 1250. The van der Waals surface area contributed by atoms with Crippen LogP contribution in [0, 0.1) is 11.7 Å². The lowest BCUT2D eigenvalue weighted by molar-refractivity contribution is -0.119. The van der Waals surface area contributed by atoms with Crippen molar-refractivity contribution in [3.05, 3.63) is 58.6 Å². The highest BCUT2D eigenvalue weighted by Gasteiger charge is 2.26. The number of carbonyl (C=O) groups excluding carboxylic acids is 1. The lowest BCUT2D eigenvalue weighted by atomic mass is 9.97. The van der Waals surface area contributed by atoms with Gasteiger partial charge < -0.3 is 15.6 Å². The van der Waals surface area contributed by atoms with Gasteiger partial charge in [-0.1, -0.05) is 32.0 Å². The highest BCUT2D eigenvalue weighted by Crippen LogP contribution is 2.38. The quantitative estimate of drug-likeness (QED) is 0.583. The molecule has 0 atom stereocenters. The van der Waals surface area contributed by atoms with Crippen molar-refractivity contribution in [1.82, 2.24) is 4.57 Å². The summed E-state index contributed by atoms with van der Waals surface area (Å²) in [4.78, 5) is 37.3. The molecular formula is C23H24FN3O5. The van der Waals surface area contributed by atoms with E-state index in [0.29, 0.717) is 5.39 Å². The SMILES string of the molecule is CC(C)Cn1c(N(C)C(=O)O)c(-c2ccccc2F)c2cc(OCC(N)=O)ccc2c1=O. The first-order valence-corrected chi connectivity index (χ1v) is 9.95. The van der Waals surface area contributed by atoms with Gasteiger partial charge in [-0.05, 0) is 30.2 Å². The lowest BCUT2D eigenvalue weighted by Crippen LogP contribution is -2.34. The number of benzene rings is 2. The van der Waals surface area contributed by atoms with Gasteiger partial charge in [0.2, 0.25) is 0 Å². The van der Waals surface area contributed by atoms with Crippen LogP contribution in [0.2, 0.25) is 0 Å². The normalized spacial score (nSPS) is 11.0. The van der Waals surface area contributed by atoms with E-state index in [0.717, 1.165) is 4.90 Å². The summed E-state index contributed by atoms with van der Waals surface area (Å²) in [7, 11) is 1.30. The van der Waals surface area contributed by atoms with Crippen LogP contribution < -0.4 is 20.9 Å². The maximum absolute atomic E-state index is 15.0. The topological polar surface area (TPSA) is 115 Å². The molecule has 8 nitrogen and oxygen atoms in total. The van der Waals surface area contributed by atoms with E-state index in [1.165, 1.54) is 48.0 Å². The molecule has 1 aromatic heterocycles. The Labute approximate surface area is 183 Å². The molecule has 1 heterocycles. The number of pyridine rings is 1. The number of primary amides is 1. The third-order valence-electron chi connectivity index (χ3n) is 4.89. The number of nitrogens with two attached hydrogens (primary N) is 1. The molecule has 3 aromatic rings. The molecule has 0 aliphatic carbocycles. The van der Waals surface area contributed by atoms with Crippen molar-refractivity contribution in [2.75, 3.05) is 18.6 Å². The summed E-state index contributed by atoms with van der Waals surface area (Å²) in [5.74, 6) is -0.970. The molecule has 0 aliphatic heterocycles. The van der Waals surface area contributed by atoms with E-state index in [9.17, 15) is 23.9 Å². The zero-order valence-corrected chi connectivity index (χ0v) is 18.0. The van der Waals surface area contributed by atoms with E-state index in [4.69, 9.17) is 10.5 Å². The van der Waals surface area contributed by atoms with Crippen molar-refractivity contribution < 1.29 is 23.8 Å². The number of amides is 2. The van der Waals surface area contributed by atoms with Crippen molar-refractivity contribution in [2.24, 2.45) is 11.7 Å². The molecule has 2 amide bonds. The van der Waals surface area contributed by atoms with Crippen LogP contribution in [0.5, 0.6) is 5.75 Å². The number of fused-ring (bicyclic) bond motifs is 1. The van der Waals surface area contributed by atoms with Gasteiger partial charge in [0.25, 0.3) is 11.5 Å². The Kier molecular flexibility index (Phi) is 6.47. The second-order valence-electron chi connectivity index (χ2n) is 7.79. The van der Waals surface area contributed by atoms with Crippen LogP contribution in [0.3, 0.4) is 0 Å². The minimum absolute atomic E-state index is 0.0118. The monoisotopic (exact) mass is 441 g/mol. The second kappa shape index (κ2) is 9.09. The van der Waals surface area contributed by atoms with Gasteiger partial charge in [-0.25, -0.2) is 9.18 Å². The first-order chi connectivity index (χ1) is 15.1. The minimum atomic E-state index is -1.31. The van der Waals surface area contributed by atoms with E-state index in [1.807, 2.05) is 13.8 Å². The fraction of sp³-hybridized carbons (Fsp3) is 0.261. The van der Waals surface area contributed by atoms with Crippen LogP contribution in [0.1, 0.15) is 13.8 Å². The first kappa shape index (κ1) is 22.8.